The van der Waals surface area contributed by atoms with E-state index in [9.17, 15) is 13.2 Å². The van der Waals surface area contributed by atoms with Crippen LogP contribution in [0, 0.1) is 5.92 Å². The smallest absolute Gasteiger partial charge is 0.240 e. The number of anilines is 2. The van der Waals surface area contributed by atoms with E-state index in [1.165, 1.54) is 36.4 Å². The number of benzene rings is 2. The molecule has 0 atom stereocenters. The molecule has 2 aromatic carbocycles. The van der Waals surface area contributed by atoms with Crippen LogP contribution < -0.4 is 14.9 Å². The number of carbonyl (C=O) groups excluding carboxylic acids is 1. The summed E-state index contributed by atoms with van der Waals surface area (Å²) in [7, 11) is -3.71. The minimum atomic E-state index is -3.71. The predicted octanol–water partition coefficient (Wildman–Crippen LogP) is 4.08. The summed E-state index contributed by atoms with van der Waals surface area (Å²) in [6, 6.07) is 12.8. The van der Waals surface area contributed by atoms with Crippen LogP contribution in [0.3, 0.4) is 0 Å². The molecule has 3 rings (SSSR count). The standard InChI is InChI=1S/C22H29N3O3S2/c1-16(2)22(26)24-20-14-19(10-11-21(20)29-3)30(27,28)23-15-17-6-8-18(9-7-17)25-12-4-5-13-25/h6-11,14,16,23H,4-5,12-13,15H2,1-3H3,(H,24,26). The first kappa shape index (κ1) is 22.7. The molecular formula is C22H29N3O3S2. The highest BCUT2D eigenvalue weighted by Gasteiger charge is 2.18. The van der Waals surface area contributed by atoms with Crippen molar-refractivity contribution in [3.63, 3.8) is 0 Å². The van der Waals surface area contributed by atoms with Gasteiger partial charge in [0.25, 0.3) is 0 Å². The van der Waals surface area contributed by atoms with Crippen molar-refractivity contribution in [2.75, 3.05) is 29.6 Å². The summed E-state index contributed by atoms with van der Waals surface area (Å²) in [5, 5.41) is 2.82. The Kier molecular flexibility index (Phi) is 7.44. The van der Waals surface area contributed by atoms with Gasteiger partial charge in [0.1, 0.15) is 0 Å². The molecule has 8 heteroatoms. The molecule has 162 valence electrons. The van der Waals surface area contributed by atoms with E-state index in [1.807, 2.05) is 30.5 Å². The van der Waals surface area contributed by atoms with Crippen molar-refractivity contribution >= 4 is 39.1 Å². The van der Waals surface area contributed by atoms with Gasteiger partial charge in [0, 0.05) is 36.1 Å². The Bertz CT molecular complexity index is 983. The Balaban J connectivity index is 1.71. The van der Waals surface area contributed by atoms with E-state index in [0.29, 0.717) is 5.69 Å². The Morgan fingerprint density at radius 1 is 1.10 bits per heavy atom. The predicted molar refractivity (Wildman–Crippen MR) is 124 cm³/mol. The summed E-state index contributed by atoms with van der Waals surface area (Å²) < 4.78 is 28.3. The fourth-order valence-electron chi connectivity index (χ4n) is 3.29. The third kappa shape index (κ3) is 5.56. The molecule has 1 saturated heterocycles. The normalized spacial score (nSPS) is 14.3. The Hall–Kier alpha value is -2.03. The van der Waals surface area contributed by atoms with Crippen molar-refractivity contribution in [2.24, 2.45) is 5.92 Å². The number of thioether (sulfide) groups is 1. The maximum atomic E-state index is 12.8. The Labute approximate surface area is 183 Å². The van der Waals surface area contributed by atoms with Crippen LogP contribution in [0.5, 0.6) is 0 Å². The average Bonchev–Trinajstić information content (AvgIpc) is 3.27. The lowest BCUT2D eigenvalue weighted by Crippen LogP contribution is -2.24. The van der Waals surface area contributed by atoms with Crippen LogP contribution in [0.25, 0.3) is 0 Å². The number of hydrogen-bond acceptors (Lipinski definition) is 5. The van der Waals surface area contributed by atoms with Gasteiger partial charge in [0.15, 0.2) is 0 Å². The van der Waals surface area contributed by atoms with Crippen molar-refractivity contribution < 1.29 is 13.2 Å². The zero-order chi connectivity index (χ0) is 21.7. The van der Waals surface area contributed by atoms with E-state index in [4.69, 9.17) is 0 Å². The van der Waals surface area contributed by atoms with E-state index >= 15 is 0 Å². The van der Waals surface area contributed by atoms with Crippen LogP contribution in [-0.4, -0.2) is 33.7 Å². The van der Waals surface area contributed by atoms with Crippen LogP contribution in [0.2, 0.25) is 0 Å². The molecule has 1 heterocycles. The lowest BCUT2D eigenvalue weighted by atomic mass is 10.2. The number of hydrogen-bond donors (Lipinski definition) is 2. The van der Waals surface area contributed by atoms with Gasteiger partial charge in [-0.25, -0.2) is 13.1 Å². The Morgan fingerprint density at radius 2 is 1.77 bits per heavy atom. The van der Waals surface area contributed by atoms with E-state index in [0.717, 1.165) is 23.5 Å². The minimum absolute atomic E-state index is 0.132. The van der Waals surface area contributed by atoms with Gasteiger partial charge in [-0.15, -0.1) is 11.8 Å². The molecule has 1 aliphatic heterocycles. The van der Waals surface area contributed by atoms with E-state index in [1.54, 1.807) is 26.0 Å². The topological polar surface area (TPSA) is 78.5 Å². The summed E-state index contributed by atoms with van der Waals surface area (Å²) in [4.78, 5) is 15.4. The molecular weight excluding hydrogens is 418 g/mol. The number of nitrogens with one attached hydrogen (secondary N) is 2. The first-order valence-electron chi connectivity index (χ1n) is 10.1. The van der Waals surface area contributed by atoms with Crippen LogP contribution in [0.4, 0.5) is 11.4 Å². The highest BCUT2D eigenvalue weighted by Crippen LogP contribution is 2.29. The molecule has 1 fully saturated rings. The van der Waals surface area contributed by atoms with Gasteiger partial charge in [-0.1, -0.05) is 26.0 Å². The monoisotopic (exact) mass is 447 g/mol. The Morgan fingerprint density at radius 3 is 2.37 bits per heavy atom. The number of nitrogens with zero attached hydrogens (tertiary/aromatic N) is 1. The molecule has 0 aliphatic carbocycles. The van der Waals surface area contributed by atoms with E-state index < -0.39 is 10.0 Å². The van der Waals surface area contributed by atoms with Gasteiger partial charge in [0.05, 0.1) is 10.6 Å². The molecule has 6 nitrogen and oxygen atoms in total. The number of amides is 1. The highest BCUT2D eigenvalue weighted by molar-refractivity contribution is 7.98. The van der Waals surface area contributed by atoms with Crippen LogP contribution in [-0.2, 0) is 21.4 Å². The molecule has 0 bridgehead atoms. The second-order valence-corrected chi connectivity index (χ2v) is 10.3. The highest BCUT2D eigenvalue weighted by atomic mass is 32.2. The van der Waals surface area contributed by atoms with Gasteiger partial charge < -0.3 is 10.2 Å². The average molecular weight is 448 g/mol. The van der Waals surface area contributed by atoms with Crippen molar-refractivity contribution in [3.05, 3.63) is 48.0 Å². The third-order valence-electron chi connectivity index (χ3n) is 5.14. The van der Waals surface area contributed by atoms with Crippen molar-refractivity contribution in [1.29, 1.82) is 0 Å². The molecule has 0 spiro atoms. The van der Waals surface area contributed by atoms with Gasteiger partial charge >= 0.3 is 0 Å². The quantitative estimate of drug-likeness (QED) is 0.596. The van der Waals surface area contributed by atoms with Crippen LogP contribution >= 0.6 is 11.8 Å². The molecule has 30 heavy (non-hydrogen) atoms. The second-order valence-electron chi connectivity index (χ2n) is 7.69. The summed E-state index contributed by atoms with van der Waals surface area (Å²) >= 11 is 1.46. The van der Waals surface area contributed by atoms with Crippen molar-refractivity contribution in [2.45, 2.75) is 43.0 Å². The maximum absolute atomic E-state index is 12.8. The summed E-state index contributed by atoms with van der Waals surface area (Å²) in [5.41, 5.74) is 2.59. The number of sulfonamides is 1. The summed E-state index contributed by atoms with van der Waals surface area (Å²) in [6.45, 7) is 5.96. The van der Waals surface area contributed by atoms with Gasteiger partial charge in [-0.3, -0.25) is 4.79 Å². The van der Waals surface area contributed by atoms with Crippen molar-refractivity contribution in [3.8, 4) is 0 Å². The second kappa shape index (κ2) is 9.85. The number of rotatable bonds is 8. The zero-order valence-electron chi connectivity index (χ0n) is 17.6. The molecule has 0 unspecified atom stereocenters. The maximum Gasteiger partial charge on any atom is 0.240 e. The summed E-state index contributed by atoms with van der Waals surface area (Å²) in [6.07, 6.45) is 4.32. The minimum Gasteiger partial charge on any atom is -0.372 e. The fraction of sp³-hybridized carbons (Fsp3) is 0.409. The first-order valence-corrected chi connectivity index (χ1v) is 12.8. The van der Waals surface area contributed by atoms with Crippen LogP contribution in [0.15, 0.2) is 52.3 Å². The summed E-state index contributed by atoms with van der Waals surface area (Å²) in [5.74, 6) is -0.340. The first-order chi connectivity index (χ1) is 14.3. The largest absolute Gasteiger partial charge is 0.372 e. The van der Waals surface area contributed by atoms with Gasteiger partial charge in [0.2, 0.25) is 15.9 Å². The fourth-order valence-corrected chi connectivity index (χ4v) is 4.87. The lowest BCUT2D eigenvalue weighted by molar-refractivity contribution is -0.118. The molecule has 0 saturated carbocycles. The molecule has 2 aromatic rings. The molecule has 0 aromatic heterocycles. The number of carbonyl (C=O) groups is 1. The van der Waals surface area contributed by atoms with E-state index in [2.05, 4.69) is 14.9 Å². The molecule has 1 amide bonds. The van der Waals surface area contributed by atoms with Crippen molar-refractivity contribution in [1.82, 2.24) is 4.72 Å². The lowest BCUT2D eigenvalue weighted by Gasteiger charge is -2.18. The van der Waals surface area contributed by atoms with E-state index in [-0.39, 0.29) is 23.3 Å². The molecule has 0 radical (unpaired) electrons. The van der Waals surface area contributed by atoms with Crippen LogP contribution in [0.1, 0.15) is 32.3 Å². The molecule has 1 aliphatic rings. The van der Waals surface area contributed by atoms with Gasteiger partial charge in [-0.05, 0) is 55.0 Å². The molecule has 2 N–H and O–H groups in total. The SMILES string of the molecule is CSc1ccc(S(=O)(=O)NCc2ccc(N3CCCC3)cc2)cc1NC(=O)C(C)C. The van der Waals surface area contributed by atoms with Gasteiger partial charge in [-0.2, -0.15) is 0 Å². The zero-order valence-corrected chi connectivity index (χ0v) is 19.3. The third-order valence-corrected chi connectivity index (χ3v) is 7.33.